The van der Waals surface area contributed by atoms with Gasteiger partial charge in [-0.2, -0.15) is 18.4 Å². The largest absolute Gasteiger partial charge is 0.391 e. The first-order valence-electron chi connectivity index (χ1n) is 5.27. The molecule has 1 fully saturated rings. The molecule has 0 heterocycles. The molecule has 0 radical (unpaired) electrons. The first-order chi connectivity index (χ1) is 7.43. The normalized spacial score (nSPS) is 30.8. The van der Waals surface area contributed by atoms with Crippen LogP contribution in [-0.2, 0) is 0 Å². The van der Waals surface area contributed by atoms with Crippen LogP contribution in [-0.4, -0.2) is 18.3 Å². The Morgan fingerprint density at radius 1 is 1.56 bits per heavy atom. The van der Waals surface area contributed by atoms with Crippen LogP contribution in [0.3, 0.4) is 0 Å². The molecule has 0 amide bonds. The summed E-state index contributed by atoms with van der Waals surface area (Å²) in [6, 6.07) is 2.00. The number of rotatable bonds is 3. The van der Waals surface area contributed by atoms with Crippen molar-refractivity contribution in [2.75, 3.05) is 6.54 Å². The van der Waals surface area contributed by atoms with Crippen LogP contribution in [0.4, 0.5) is 13.2 Å². The Morgan fingerprint density at radius 2 is 2.25 bits per heavy atom. The Morgan fingerprint density at radius 3 is 2.75 bits per heavy atom. The van der Waals surface area contributed by atoms with Gasteiger partial charge in [0.25, 0.3) is 0 Å². The molecular weight excluding hydrogens is 217 g/mol. The van der Waals surface area contributed by atoms with Crippen molar-refractivity contribution in [3.05, 3.63) is 12.7 Å². The number of nitrogens with zero attached hydrogens (tertiary/aromatic N) is 1. The van der Waals surface area contributed by atoms with E-state index in [4.69, 9.17) is 5.26 Å². The highest BCUT2D eigenvalue weighted by atomic mass is 19.4. The van der Waals surface area contributed by atoms with Crippen LogP contribution in [0.2, 0.25) is 0 Å². The number of hydrogen-bond donors (Lipinski definition) is 1. The molecule has 1 aliphatic rings. The summed E-state index contributed by atoms with van der Waals surface area (Å²) >= 11 is 0. The zero-order chi connectivity index (χ0) is 12.2. The van der Waals surface area contributed by atoms with Gasteiger partial charge in [-0.1, -0.05) is 6.08 Å². The second-order valence-electron chi connectivity index (χ2n) is 4.20. The van der Waals surface area contributed by atoms with Gasteiger partial charge in [0.1, 0.15) is 5.54 Å². The van der Waals surface area contributed by atoms with Crippen LogP contribution < -0.4 is 5.32 Å². The van der Waals surface area contributed by atoms with Crippen LogP contribution in [0.15, 0.2) is 12.7 Å². The molecule has 0 aromatic heterocycles. The first-order valence-corrected chi connectivity index (χ1v) is 5.27. The standard InChI is InChI=1S/C11H15F3N2/c1-2-6-16-10(8-15)5-3-4-9(7-10)11(12,13)14/h2,9,16H,1,3-7H2. The molecule has 2 nitrogen and oxygen atoms in total. The lowest BCUT2D eigenvalue weighted by Crippen LogP contribution is -2.49. The second kappa shape index (κ2) is 4.88. The summed E-state index contributed by atoms with van der Waals surface area (Å²) < 4.78 is 37.8. The number of halogens is 3. The Bertz CT molecular complexity index is 293. The van der Waals surface area contributed by atoms with Crippen molar-refractivity contribution in [3.63, 3.8) is 0 Å². The fraction of sp³-hybridized carbons (Fsp3) is 0.727. The highest BCUT2D eigenvalue weighted by molar-refractivity contribution is 5.11. The fourth-order valence-corrected chi connectivity index (χ4v) is 2.12. The number of nitrogens with one attached hydrogen (secondary N) is 1. The first kappa shape index (κ1) is 13.0. The molecular formula is C11H15F3N2. The minimum absolute atomic E-state index is 0.128. The molecule has 1 rings (SSSR count). The summed E-state index contributed by atoms with van der Waals surface area (Å²) in [4.78, 5) is 0. The monoisotopic (exact) mass is 232 g/mol. The lowest BCUT2D eigenvalue weighted by molar-refractivity contribution is -0.186. The van der Waals surface area contributed by atoms with Crippen LogP contribution in [0.1, 0.15) is 25.7 Å². The van der Waals surface area contributed by atoms with E-state index in [2.05, 4.69) is 11.9 Å². The van der Waals surface area contributed by atoms with Gasteiger partial charge in [-0.15, -0.1) is 6.58 Å². The summed E-state index contributed by atoms with van der Waals surface area (Å²) in [6.45, 7) is 3.84. The average molecular weight is 232 g/mol. The van der Waals surface area contributed by atoms with E-state index in [9.17, 15) is 13.2 Å². The van der Waals surface area contributed by atoms with Gasteiger partial charge in [0.05, 0.1) is 12.0 Å². The molecule has 2 atom stereocenters. The van der Waals surface area contributed by atoms with Crippen molar-refractivity contribution in [1.29, 1.82) is 5.26 Å². The van der Waals surface area contributed by atoms with E-state index in [0.717, 1.165) is 0 Å². The number of alkyl halides is 3. The van der Waals surface area contributed by atoms with Gasteiger partial charge in [-0.25, -0.2) is 0 Å². The molecule has 0 aromatic rings. The molecule has 0 saturated heterocycles. The molecule has 2 unspecified atom stereocenters. The van der Waals surface area contributed by atoms with Gasteiger partial charge in [0.15, 0.2) is 0 Å². The van der Waals surface area contributed by atoms with Crippen molar-refractivity contribution in [3.8, 4) is 6.07 Å². The number of hydrogen-bond acceptors (Lipinski definition) is 2. The van der Waals surface area contributed by atoms with Gasteiger partial charge in [-0.05, 0) is 25.7 Å². The zero-order valence-corrected chi connectivity index (χ0v) is 8.98. The topological polar surface area (TPSA) is 35.8 Å². The summed E-state index contributed by atoms with van der Waals surface area (Å²) in [5, 5.41) is 11.9. The third-order valence-corrected chi connectivity index (χ3v) is 3.01. The lowest BCUT2D eigenvalue weighted by Gasteiger charge is -2.37. The maximum Gasteiger partial charge on any atom is 0.391 e. The molecule has 5 heteroatoms. The lowest BCUT2D eigenvalue weighted by atomic mass is 9.76. The van der Waals surface area contributed by atoms with E-state index >= 15 is 0 Å². The van der Waals surface area contributed by atoms with Gasteiger partial charge < -0.3 is 0 Å². The van der Waals surface area contributed by atoms with Crippen LogP contribution in [0.5, 0.6) is 0 Å². The maximum absolute atomic E-state index is 12.6. The average Bonchev–Trinajstić information content (AvgIpc) is 2.25. The van der Waals surface area contributed by atoms with Crippen molar-refractivity contribution in [2.45, 2.75) is 37.4 Å². The summed E-state index contributed by atoms with van der Waals surface area (Å²) in [5.41, 5.74) is -1.04. The Labute approximate surface area is 93.1 Å². The minimum atomic E-state index is -4.20. The Kier molecular flexibility index (Phi) is 3.98. The van der Waals surface area contributed by atoms with Crippen molar-refractivity contribution < 1.29 is 13.2 Å². The van der Waals surface area contributed by atoms with Gasteiger partial charge in [0.2, 0.25) is 0 Å². The maximum atomic E-state index is 12.6. The molecule has 0 spiro atoms. The minimum Gasteiger partial charge on any atom is -0.296 e. The van der Waals surface area contributed by atoms with Crippen LogP contribution in [0.25, 0.3) is 0 Å². The van der Waals surface area contributed by atoms with Gasteiger partial charge in [-0.3, -0.25) is 5.32 Å². The van der Waals surface area contributed by atoms with E-state index in [1.54, 1.807) is 6.08 Å². The third-order valence-electron chi connectivity index (χ3n) is 3.01. The Hall–Kier alpha value is -1.02. The molecule has 16 heavy (non-hydrogen) atoms. The fourth-order valence-electron chi connectivity index (χ4n) is 2.12. The molecule has 0 aliphatic heterocycles. The molecule has 1 N–H and O–H groups in total. The summed E-state index contributed by atoms with van der Waals surface area (Å²) in [7, 11) is 0. The van der Waals surface area contributed by atoms with Crippen molar-refractivity contribution >= 4 is 0 Å². The molecule has 0 bridgehead atoms. The predicted octanol–water partition coefficient (Wildman–Crippen LogP) is 2.78. The van der Waals surface area contributed by atoms with Crippen molar-refractivity contribution in [1.82, 2.24) is 5.32 Å². The van der Waals surface area contributed by atoms with Crippen molar-refractivity contribution in [2.24, 2.45) is 5.92 Å². The van der Waals surface area contributed by atoms with E-state index in [1.165, 1.54) is 0 Å². The third kappa shape index (κ3) is 2.99. The highest BCUT2D eigenvalue weighted by Crippen LogP contribution is 2.41. The van der Waals surface area contributed by atoms with Crippen LogP contribution in [0, 0.1) is 17.2 Å². The molecule has 0 aromatic carbocycles. The van der Waals surface area contributed by atoms with E-state index in [-0.39, 0.29) is 12.8 Å². The predicted molar refractivity (Wildman–Crippen MR) is 54.6 cm³/mol. The van der Waals surface area contributed by atoms with E-state index in [1.807, 2.05) is 6.07 Å². The quantitative estimate of drug-likeness (QED) is 0.759. The smallest absolute Gasteiger partial charge is 0.296 e. The van der Waals surface area contributed by atoms with Crippen LogP contribution >= 0.6 is 0 Å². The zero-order valence-electron chi connectivity index (χ0n) is 8.98. The second-order valence-corrected chi connectivity index (χ2v) is 4.20. The van der Waals surface area contributed by atoms with E-state index in [0.29, 0.717) is 19.4 Å². The summed E-state index contributed by atoms with van der Waals surface area (Å²) in [5.74, 6) is -1.36. The highest BCUT2D eigenvalue weighted by Gasteiger charge is 2.47. The number of nitriles is 1. The Balaban J connectivity index is 2.73. The molecule has 1 aliphatic carbocycles. The van der Waals surface area contributed by atoms with Gasteiger partial charge >= 0.3 is 6.18 Å². The summed E-state index contributed by atoms with van der Waals surface area (Å²) in [6.07, 6.45) is -1.76. The SMILES string of the molecule is C=CCNC1(C#N)CCCC(C(F)(F)F)C1. The van der Waals surface area contributed by atoms with E-state index < -0.39 is 17.6 Å². The molecule has 90 valence electrons. The molecule has 1 saturated carbocycles. The van der Waals surface area contributed by atoms with Gasteiger partial charge in [0, 0.05) is 6.54 Å².